The number of carbonyl (C=O) groups is 1. The molecule has 0 bridgehead atoms. The predicted molar refractivity (Wildman–Crippen MR) is 67.1 cm³/mol. The maximum absolute atomic E-state index is 11.2. The third kappa shape index (κ3) is 2.29. The Morgan fingerprint density at radius 2 is 1.88 bits per heavy atom. The number of hydrazine groups is 1. The molecular formula is C12H22N4O. The van der Waals surface area contributed by atoms with Crippen molar-refractivity contribution in [1.82, 2.24) is 10.1 Å². The molecule has 2 unspecified atom stereocenters. The highest BCUT2D eigenvalue weighted by Gasteiger charge is 2.35. The lowest BCUT2D eigenvalue weighted by Crippen LogP contribution is -2.51. The van der Waals surface area contributed by atoms with Gasteiger partial charge in [0.25, 0.3) is 5.91 Å². The number of carbonyl (C=O) groups excluding carboxylic acids is 1. The Morgan fingerprint density at radius 3 is 2.35 bits per heavy atom. The maximum Gasteiger partial charge on any atom is 0.265 e. The van der Waals surface area contributed by atoms with E-state index in [1.54, 1.807) is 0 Å². The monoisotopic (exact) mass is 238 g/mol. The average Bonchev–Trinajstić information content (AvgIpc) is 2.60. The number of hydrogen-bond donors (Lipinski definition) is 1. The number of primary amides is 1. The summed E-state index contributed by atoms with van der Waals surface area (Å²) < 4.78 is 0. The van der Waals surface area contributed by atoms with Gasteiger partial charge in [0.1, 0.15) is 5.71 Å². The van der Waals surface area contributed by atoms with E-state index in [1.807, 2.05) is 12.0 Å². The van der Waals surface area contributed by atoms with E-state index in [-0.39, 0.29) is 5.92 Å². The lowest BCUT2D eigenvalue weighted by atomic mass is 9.99. The lowest BCUT2D eigenvalue weighted by Gasteiger charge is -2.43. The van der Waals surface area contributed by atoms with E-state index in [9.17, 15) is 4.79 Å². The Bertz CT molecular complexity index is 331. The van der Waals surface area contributed by atoms with Crippen LogP contribution in [0.4, 0.5) is 0 Å². The Morgan fingerprint density at radius 1 is 1.29 bits per heavy atom. The fraction of sp³-hybridized carbons (Fsp3) is 0.833. The summed E-state index contributed by atoms with van der Waals surface area (Å²) in [5.74, 6) is -0.258. The second-order valence-electron chi connectivity index (χ2n) is 5.31. The number of hydrazone groups is 1. The van der Waals surface area contributed by atoms with E-state index in [4.69, 9.17) is 5.73 Å². The van der Waals surface area contributed by atoms with Crippen molar-refractivity contribution in [2.24, 2.45) is 16.8 Å². The molecule has 0 saturated carbocycles. The van der Waals surface area contributed by atoms with Crippen LogP contribution in [0.15, 0.2) is 5.10 Å². The topological polar surface area (TPSA) is 61.9 Å². The molecule has 0 radical (unpaired) electrons. The van der Waals surface area contributed by atoms with Crippen LogP contribution in [0.1, 0.15) is 40.0 Å². The SMILES string of the molecule is CC1CN(N2C(C)CCC[C@@H]2C)N=C1C(N)=O. The van der Waals surface area contributed by atoms with E-state index in [2.05, 4.69) is 24.0 Å². The van der Waals surface area contributed by atoms with Crippen molar-refractivity contribution in [2.75, 3.05) is 6.54 Å². The van der Waals surface area contributed by atoms with Gasteiger partial charge in [-0.3, -0.25) is 4.79 Å². The van der Waals surface area contributed by atoms with Crippen molar-refractivity contribution in [3.63, 3.8) is 0 Å². The molecule has 1 fully saturated rings. The number of hydrogen-bond acceptors (Lipinski definition) is 4. The zero-order chi connectivity index (χ0) is 12.6. The van der Waals surface area contributed by atoms with Crippen LogP contribution >= 0.6 is 0 Å². The molecule has 0 aromatic rings. The van der Waals surface area contributed by atoms with Gasteiger partial charge in [-0.25, -0.2) is 5.12 Å². The quantitative estimate of drug-likeness (QED) is 0.779. The van der Waals surface area contributed by atoms with Crippen LogP contribution in [0, 0.1) is 5.92 Å². The van der Waals surface area contributed by atoms with E-state index < -0.39 is 5.91 Å². The first-order valence-electron chi connectivity index (χ1n) is 6.44. The molecule has 96 valence electrons. The van der Waals surface area contributed by atoms with Crippen LogP contribution in [0.3, 0.4) is 0 Å². The molecule has 3 atom stereocenters. The minimum Gasteiger partial charge on any atom is -0.364 e. The van der Waals surface area contributed by atoms with Gasteiger partial charge in [0.2, 0.25) is 0 Å². The predicted octanol–water partition coefficient (Wildman–Crippen LogP) is 0.957. The van der Waals surface area contributed by atoms with E-state index >= 15 is 0 Å². The molecule has 2 aliphatic heterocycles. The van der Waals surface area contributed by atoms with Gasteiger partial charge in [-0.1, -0.05) is 13.3 Å². The fourth-order valence-electron chi connectivity index (χ4n) is 2.90. The van der Waals surface area contributed by atoms with Crippen molar-refractivity contribution < 1.29 is 4.79 Å². The molecule has 0 aliphatic carbocycles. The molecule has 2 aliphatic rings. The second-order valence-corrected chi connectivity index (χ2v) is 5.31. The third-order valence-corrected chi connectivity index (χ3v) is 3.79. The van der Waals surface area contributed by atoms with Gasteiger partial charge in [-0.2, -0.15) is 10.1 Å². The second kappa shape index (κ2) is 4.64. The molecule has 2 N–H and O–H groups in total. The number of piperidine rings is 1. The van der Waals surface area contributed by atoms with Gasteiger partial charge < -0.3 is 5.73 Å². The smallest absolute Gasteiger partial charge is 0.265 e. The highest BCUT2D eigenvalue weighted by molar-refractivity contribution is 6.39. The van der Waals surface area contributed by atoms with Crippen molar-refractivity contribution >= 4 is 11.6 Å². The van der Waals surface area contributed by atoms with Crippen molar-refractivity contribution in [3.8, 4) is 0 Å². The summed E-state index contributed by atoms with van der Waals surface area (Å²) >= 11 is 0. The summed E-state index contributed by atoms with van der Waals surface area (Å²) in [6, 6.07) is 0.976. The molecule has 0 aromatic heterocycles. The fourth-order valence-corrected chi connectivity index (χ4v) is 2.90. The van der Waals surface area contributed by atoms with Gasteiger partial charge in [0.15, 0.2) is 0 Å². The lowest BCUT2D eigenvalue weighted by molar-refractivity contribution is -0.112. The van der Waals surface area contributed by atoms with Crippen LogP contribution < -0.4 is 5.73 Å². The summed E-state index contributed by atoms with van der Waals surface area (Å²) in [5.41, 5.74) is 5.84. The first kappa shape index (κ1) is 12.4. The van der Waals surface area contributed by atoms with Gasteiger partial charge in [-0.15, -0.1) is 0 Å². The summed E-state index contributed by atoms with van der Waals surface area (Å²) in [7, 11) is 0. The molecule has 1 saturated heterocycles. The minimum atomic E-state index is -0.391. The van der Waals surface area contributed by atoms with Gasteiger partial charge >= 0.3 is 0 Å². The Labute approximate surface area is 103 Å². The highest BCUT2D eigenvalue weighted by atomic mass is 16.1. The normalized spacial score (nSPS) is 34.9. The molecule has 17 heavy (non-hydrogen) atoms. The van der Waals surface area contributed by atoms with Crippen LogP contribution in [-0.4, -0.2) is 40.4 Å². The van der Waals surface area contributed by atoms with E-state index in [1.165, 1.54) is 19.3 Å². The highest BCUT2D eigenvalue weighted by Crippen LogP contribution is 2.27. The van der Waals surface area contributed by atoms with E-state index in [0.717, 1.165) is 6.54 Å². The molecule has 0 aromatic carbocycles. The van der Waals surface area contributed by atoms with Crippen molar-refractivity contribution in [3.05, 3.63) is 0 Å². The maximum atomic E-state index is 11.2. The number of amides is 1. The van der Waals surface area contributed by atoms with Crippen LogP contribution in [0.5, 0.6) is 0 Å². The number of nitrogens with two attached hydrogens (primary N) is 1. The van der Waals surface area contributed by atoms with Crippen molar-refractivity contribution in [1.29, 1.82) is 0 Å². The number of rotatable bonds is 2. The Hall–Kier alpha value is -1.10. The Balaban J connectivity index is 2.15. The molecule has 5 nitrogen and oxygen atoms in total. The van der Waals surface area contributed by atoms with Gasteiger partial charge in [-0.05, 0) is 26.7 Å². The van der Waals surface area contributed by atoms with Crippen molar-refractivity contribution in [2.45, 2.75) is 52.1 Å². The van der Waals surface area contributed by atoms with Crippen LogP contribution in [0.2, 0.25) is 0 Å². The summed E-state index contributed by atoms with van der Waals surface area (Å²) in [5, 5.41) is 8.65. The zero-order valence-electron chi connectivity index (χ0n) is 10.9. The minimum absolute atomic E-state index is 0.133. The average molecular weight is 238 g/mol. The third-order valence-electron chi connectivity index (χ3n) is 3.79. The molecule has 1 amide bonds. The molecule has 0 spiro atoms. The molecule has 5 heteroatoms. The standard InChI is InChI=1S/C12H22N4O/c1-8-7-15(14-11(8)12(13)17)16-9(2)5-4-6-10(16)3/h8-10H,4-7H2,1-3H3,(H2,13,17)/t8?,9-,10?/m0/s1. The summed E-state index contributed by atoms with van der Waals surface area (Å²) in [6.45, 7) is 7.21. The van der Waals surface area contributed by atoms with Crippen LogP contribution in [0.25, 0.3) is 0 Å². The first-order valence-corrected chi connectivity index (χ1v) is 6.44. The Kier molecular flexibility index (Phi) is 3.38. The van der Waals surface area contributed by atoms with Crippen LogP contribution in [-0.2, 0) is 4.79 Å². The summed E-state index contributed by atoms with van der Waals surface area (Å²) in [4.78, 5) is 11.2. The molecule has 2 heterocycles. The summed E-state index contributed by atoms with van der Waals surface area (Å²) in [6.07, 6.45) is 3.65. The first-order chi connectivity index (χ1) is 8.00. The molecular weight excluding hydrogens is 216 g/mol. The number of nitrogens with zero attached hydrogens (tertiary/aromatic N) is 3. The van der Waals surface area contributed by atoms with Gasteiger partial charge in [0.05, 0.1) is 6.54 Å². The van der Waals surface area contributed by atoms with E-state index in [0.29, 0.717) is 17.8 Å². The zero-order valence-corrected chi connectivity index (χ0v) is 10.9. The van der Waals surface area contributed by atoms with Gasteiger partial charge in [0, 0.05) is 18.0 Å². The largest absolute Gasteiger partial charge is 0.364 e. The molecule has 2 rings (SSSR count).